The zero-order chi connectivity index (χ0) is 12.7. The molecular weight excluding hydrogens is 217 g/mol. The lowest BCUT2D eigenvalue weighted by Gasteiger charge is -2.21. The van der Waals surface area contributed by atoms with Gasteiger partial charge < -0.3 is 10.1 Å². The van der Waals surface area contributed by atoms with Crippen molar-refractivity contribution in [3.8, 4) is 0 Å². The Bertz CT molecular complexity index is 328. The molecule has 0 radical (unpaired) electrons. The van der Waals surface area contributed by atoms with E-state index in [1.54, 1.807) is 12.1 Å². The van der Waals surface area contributed by atoms with Crippen molar-refractivity contribution in [3.63, 3.8) is 0 Å². The van der Waals surface area contributed by atoms with Crippen LogP contribution in [0.3, 0.4) is 0 Å². The van der Waals surface area contributed by atoms with Crippen molar-refractivity contribution in [2.24, 2.45) is 5.92 Å². The summed E-state index contributed by atoms with van der Waals surface area (Å²) < 4.78 is 18.9. The summed E-state index contributed by atoms with van der Waals surface area (Å²) in [5.41, 5.74) is 0.617. The molecule has 0 aliphatic rings. The SMILES string of the molecule is CCNC(COCc1ccccc1F)C(C)C. The van der Waals surface area contributed by atoms with Crippen LogP contribution in [0.25, 0.3) is 0 Å². The van der Waals surface area contributed by atoms with E-state index < -0.39 is 0 Å². The maximum absolute atomic E-state index is 13.3. The molecule has 0 bridgehead atoms. The topological polar surface area (TPSA) is 21.3 Å². The minimum Gasteiger partial charge on any atom is -0.375 e. The molecule has 0 spiro atoms. The van der Waals surface area contributed by atoms with Gasteiger partial charge in [-0.15, -0.1) is 0 Å². The van der Waals surface area contributed by atoms with Gasteiger partial charge in [0.25, 0.3) is 0 Å². The standard InChI is InChI=1S/C14H22FNO/c1-4-16-14(11(2)3)10-17-9-12-7-5-6-8-13(12)15/h5-8,11,14,16H,4,9-10H2,1-3H3. The first-order valence-electron chi connectivity index (χ1n) is 6.19. The normalized spacial score (nSPS) is 13.0. The van der Waals surface area contributed by atoms with Gasteiger partial charge in [0.2, 0.25) is 0 Å². The first kappa shape index (κ1) is 14.1. The van der Waals surface area contributed by atoms with Crippen LogP contribution in [0, 0.1) is 11.7 Å². The number of hydrogen-bond acceptors (Lipinski definition) is 2. The Morgan fingerprint density at radius 1 is 1.29 bits per heavy atom. The maximum atomic E-state index is 13.3. The molecule has 1 atom stereocenters. The van der Waals surface area contributed by atoms with Crippen molar-refractivity contribution in [3.05, 3.63) is 35.6 Å². The van der Waals surface area contributed by atoms with Gasteiger partial charge in [-0.3, -0.25) is 0 Å². The van der Waals surface area contributed by atoms with Gasteiger partial charge in [-0.25, -0.2) is 4.39 Å². The number of benzene rings is 1. The highest BCUT2D eigenvalue weighted by atomic mass is 19.1. The lowest BCUT2D eigenvalue weighted by atomic mass is 10.1. The lowest BCUT2D eigenvalue weighted by molar-refractivity contribution is 0.0850. The van der Waals surface area contributed by atoms with Gasteiger partial charge in [0, 0.05) is 11.6 Å². The molecule has 0 amide bonds. The Labute approximate surface area is 103 Å². The molecule has 2 nitrogen and oxygen atoms in total. The number of nitrogens with one attached hydrogen (secondary N) is 1. The van der Waals surface area contributed by atoms with Crippen molar-refractivity contribution < 1.29 is 9.13 Å². The predicted molar refractivity (Wildman–Crippen MR) is 68.4 cm³/mol. The third kappa shape index (κ3) is 4.84. The molecule has 0 fully saturated rings. The molecule has 1 rings (SSSR count). The average molecular weight is 239 g/mol. The van der Waals surface area contributed by atoms with E-state index >= 15 is 0 Å². The van der Waals surface area contributed by atoms with Crippen molar-refractivity contribution in [1.29, 1.82) is 0 Å². The molecule has 3 heteroatoms. The fourth-order valence-electron chi connectivity index (χ4n) is 1.66. The van der Waals surface area contributed by atoms with Crippen molar-refractivity contribution in [2.45, 2.75) is 33.4 Å². The second-order valence-corrected chi connectivity index (χ2v) is 4.51. The summed E-state index contributed by atoms with van der Waals surface area (Å²) in [6.45, 7) is 8.25. The zero-order valence-corrected chi connectivity index (χ0v) is 10.9. The molecule has 1 aromatic carbocycles. The first-order valence-corrected chi connectivity index (χ1v) is 6.19. The van der Waals surface area contributed by atoms with Crippen molar-refractivity contribution in [2.75, 3.05) is 13.2 Å². The third-order valence-electron chi connectivity index (χ3n) is 2.78. The molecule has 1 aromatic rings. The van der Waals surface area contributed by atoms with Gasteiger partial charge in [-0.2, -0.15) is 0 Å². The Kier molecular flexibility index (Phi) is 6.16. The summed E-state index contributed by atoms with van der Waals surface area (Å²) >= 11 is 0. The van der Waals surface area contributed by atoms with Crippen LogP contribution in [-0.2, 0) is 11.3 Å². The van der Waals surface area contributed by atoms with Crippen molar-refractivity contribution in [1.82, 2.24) is 5.32 Å². The molecule has 96 valence electrons. The van der Waals surface area contributed by atoms with E-state index in [1.165, 1.54) is 6.07 Å². The molecule has 0 heterocycles. The Balaban J connectivity index is 2.38. The average Bonchev–Trinajstić information content (AvgIpc) is 2.30. The van der Waals surface area contributed by atoms with Crippen LogP contribution in [-0.4, -0.2) is 19.2 Å². The van der Waals surface area contributed by atoms with E-state index in [0.29, 0.717) is 30.7 Å². The van der Waals surface area contributed by atoms with E-state index in [2.05, 4.69) is 26.1 Å². The number of halogens is 1. The molecule has 0 saturated carbocycles. The molecule has 1 unspecified atom stereocenters. The highest BCUT2D eigenvalue weighted by molar-refractivity contribution is 5.16. The summed E-state index contributed by atoms with van der Waals surface area (Å²) in [6, 6.07) is 7.06. The van der Waals surface area contributed by atoms with Crippen LogP contribution in [0.2, 0.25) is 0 Å². The smallest absolute Gasteiger partial charge is 0.128 e. The monoisotopic (exact) mass is 239 g/mol. The van der Waals surface area contributed by atoms with Crippen LogP contribution in [0.4, 0.5) is 4.39 Å². The van der Waals surface area contributed by atoms with E-state index in [1.807, 2.05) is 6.07 Å². The van der Waals surface area contributed by atoms with Gasteiger partial charge in [0.15, 0.2) is 0 Å². The largest absolute Gasteiger partial charge is 0.375 e. The summed E-state index contributed by atoms with van der Waals surface area (Å²) in [6.07, 6.45) is 0. The van der Waals surface area contributed by atoms with Crippen molar-refractivity contribution >= 4 is 0 Å². The molecule has 17 heavy (non-hydrogen) atoms. The Morgan fingerprint density at radius 3 is 2.59 bits per heavy atom. The van der Waals surface area contributed by atoms with Crippen LogP contribution in [0.5, 0.6) is 0 Å². The number of likely N-dealkylation sites (N-methyl/N-ethyl adjacent to an activating group) is 1. The third-order valence-corrected chi connectivity index (χ3v) is 2.78. The highest BCUT2D eigenvalue weighted by Gasteiger charge is 2.12. The second-order valence-electron chi connectivity index (χ2n) is 4.51. The van der Waals surface area contributed by atoms with E-state index in [-0.39, 0.29) is 5.82 Å². The first-order chi connectivity index (χ1) is 8.15. The van der Waals surface area contributed by atoms with E-state index in [4.69, 9.17) is 4.74 Å². The summed E-state index contributed by atoms with van der Waals surface area (Å²) in [5, 5.41) is 3.36. The van der Waals surface area contributed by atoms with Gasteiger partial charge in [-0.05, 0) is 18.5 Å². The Morgan fingerprint density at radius 2 is 2.00 bits per heavy atom. The summed E-state index contributed by atoms with van der Waals surface area (Å²) in [7, 11) is 0. The van der Waals surface area contributed by atoms with E-state index in [9.17, 15) is 4.39 Å². The van der Waals surface area contributed by atoms with Crippen LogP contribution in [0.15, 0.2) is 24.3 Å². The number of hydrogen-bond donors (Lipinski definition) is 1. The minimum absolute atomic E-state index is 0.197. The number of rotatable bonds is 7. The van der Waals surface area contributed by atoms with Gasteiger partial charge in [0.05, 0.1) is 13.2 Å². The van der Waals surface area contributed by atoms with E-state index in [0.717, 1.165) is 6.54 Å². The predicted octanol–water partition coefficient (Wildman–Crippen LogP) is 2.98. The molecule has 0 aliphatic carbocycles. The van der Waals surface area contributed by atoms with Crippen LogP contribution >= 0.6 is 0 Å². The van der Waals surface area contributed by atoms with Gasteiger partial charge in [0.1, 0.15) is 5.82 Å². The second kappa shape index (κ2) is 7.41. The zero-order valence-electron chi connectivity index (χ0n) is 10.9. The lowest BCUT2D eigenvalue weighted by Crippen LogP contribution is -2.37. The van der Waals surface area contributed by atoms with Gasteiger partial charge >= 0.3 is 0 Å². The fraction of sp³-hybridized carbons (Fsp3) is 0.571. The minimum atomic E-state index is -0.197. The summed E-state index contributed by atoms with van der Waals surface area (Å²) in [4.78, 5) is 0. The molecule has 0 aliphatic heterocycles. The fourth-order valence-corrected chi connectivity index (χ4v) is 1.66. The molecule has 0 saturated heterocycles. The molecular formula is C14H22FNO. The maximum Gasteiger partial charge on any atom is 0.128 e. The Hall–Kier alpha value is -0.930. The molecule has 0 aromatic heterocycles. The van der Waals surface area contributed by atoms with Crippen LogP contribution in [0.1, 0.15) is 26.3 Å². The number of ether oxygens (including phenoxy) is 1. The highest BCUT2D eigenvalue weighted by Crippen LogP contribution is 2.09. The quantitative estimate of drug-likeness (QED) is 0.790. The van der Waals surface area contributed by atoms with Gasteiger partial charge in [-0.1, -0.05) is 39.0 Å². The van der Waals surface area contributed by atoms with Crippen LogP contribution < -0.4 is 5.32 Å². The summed E-state index contributed by atoms with van der Waals surface area (Å²) in [5.74, 6) is 0.313. The molecule has 1 N–H and O–H groups in total.